The summed E-state index contributed by atoms with van der Waals surface area (Å²) < 4.78 is 0. The molecule has 0 bridgehead atoms. The number of fused-ring (bicyclic) bond motifs is 1. The Morgan fingerprint density at radius 2 is 1.95 bits per heavy atom. The molecule has 1 unspecified atom stereocenters. The van der Waals surface area contributed by atoms with Crippen LogP contribution in [0, 0.1) is 5.92 Å². The van der Waals surface area contributed by atoms with Crippen LogP contribution in [0.4, 0.5) is 5.69 Å². The van der Waals surface area contributed by atoms with Crippen LogP contribution in [0.5, 0.6) is 0 Å². The Hall–Kier alpha value is -1.84. The SMILES string of the molecule is CC(=O)NC(C(=O)N1CCCc2ccccc21)C(C)C. The summed E-state index contributed by atoms with van der Waals surface area (Å²) in [5, 5.41) is 2.78. The molecular weight excluding hydrogens is 252 g/mol. The van der Waals surface area contributed by atoms with Gasteiger partial charge in [0.25, 0.3) is 0 Å². The zero-order chi connectivity index (χ0) is 14.7. The molecule has 108 valence electrons. The Labute approximate surface area is 120 Å². The van der Waals surface area contributed by atoms with E-state index in [1.165, 1.54) is 12.5 Å². The third-order valence-corrected chi connectivity index (χ3v) is 3.67. The lowest BCUT2D eigenvalue weighted by molar-refractivity contribution is -0.127. The van der Waals surface area contributed by atoms with Gasteiger partial charge < -0.3 is 10.2 Å². The van der Waals surface area contributed by atoms with Crippen molar-refractivity contribution in [1.82, 2.24) is 5.32 Å². The fourth-order valence-corrected chi connectivity index (χ4v) is 2.66. The quantitative estimate of drug-likeness (QED) is 0.918. The number of hydrogen-bond donors (Lipinski definition) is 1. The van der Waals surface area contributed by atoms with Crippen molar-refractivity contribution in [1.29, 1.82) is 0 Å². The molecule has 1 aromatic carbocycles. The zero-order valence-electron chi connectivity index (χ0n) is 12.3. The summed E-state index contributed by atoms with van der Waals surface area (Å²) in [6.45, 7) is 6.08. The van der Waals surface area contributed by atoms with E-state index in [-0.39, 0.29) is 17.7 Å². The van der Waals surface area contributed by atoms with E-state index < -0.39 is 6.04 Å². The third kappa shape index (κ3) is 3.00. The molecule has 20 heavy (non-hydrogen) atoms. The molecule has 2 rings (SSSR count). The Morgan fingerprint density at radius 1 is 1.25 bits per heavy atom. The van der Waals surface area contributed by atoms with Gasteiger partial charge in [-0.1, -0.05) is 32.0 Å². The number of benzene rings is 1. The highest BCUT2D eigenvalue weighted by Crippen LogP contribution is 2.27. The summed E-state index contributed by atoms with van der Waals surface area (Å²) in [6.07, 6.45) is 1.97. The van der Waals surface area contributed by atoms with Gasteiger partial charge in [0.2, 0.25) is 11.8 Å². The Morgan fingerprint density at radius 3 is 2.60 bits per heavy atom. The second-order valence-electron chi connectivity index (χ2n) is 5.64. The van der Waals surface area contributed by atoms with E-state index >= 15 is 0 Å². The molecule has 4 nitrogen and oxygen atoms in total. The highest BCUT2D eigenvalue weighted by atomic mass is 16.2. The molecule has 0 aliphatic carbocycles. The summed E-state index contributed by atoms with van der Waals surface area (Å²) in [7, 11) is 0. The molecule has 4 heteroatoms. The lowest BCUT2D eigenvalue weighted by Crippen LogP contribution is -2.52. The van der Waals surface area contributed by atoms with Crippen LogP contribution in [0.1, 0.15) is 32.8 Å². The number of hydrogen-bond acceptors (Lipinski definition) is 2. The molecule has 1 N–H and O–H groups in total. The number of rotatable bonds is 3. The first-order chi connectivity index (χ1) is 9.50. The van der Waals surface area contributed by atoms with Gasteiger partial charge in [0.05, 0.1) is 0 Å². The van der Waals surface area contributed by atoms with E-state index in [1.54, 1.807) is 0 Å². The fraction of sp³-hybridized carbons (Fsp3) is 0.500. The van der Waals surface area contributed by atoms with Gasteiger partial charge >= 0.3 is 0 Å². The number of carbonyl (C=O) groups excluding carboxylic acids is 2. The number of anilines is 1. The molecule has 0 saturated carbocycles. The molecule has 0 radical (unpaired) electrons. The van der Waals surface area contributed by atoms with Crippen LogP contribution >= 0.6 is 0 Å². The lowest BCUT2D eigenvalue weighted by Gasteiger charge is -2.33. The summed E-state index contributed by atoms with van der Waals surface area (Å²) in [6, 6.07) is 7.54. The van der Waals surface area contributed by atoms with E-state index in [0.717, 1.165) is 25.1 Å². The van der Waals surface area contributed by atoms with Crippen molar-refractivity contribution in [3.8, 4) is 0 Å². The van der Waals surface area contributed by atoms with Crippen LogP contribution in [0.25, 0.3) is 0 Å². The van der Waals surface area contributed by atoms with E-state index in [1.807, 2.05) is 36.9 Å². The van der Waals surface area contributed by atoms with Crippen molar-refractivity contribution in [3.05, 3.63) is 29.8 Å². The monoisotopic (exact) mass is 274 g/mol. The molecule has 1 heterocycles. The second-order valence-corrected chi connectivity index (χ2v) is 5.64. The molecule has 1 aromatic rings. The Bertz CT molecular complexity index is 511. The first-order valence-electron chi connectivity index (χ1n) is 7.17. The average molecular weight is 274 g/mol. The van der Waals surface area contributed by atoms with E-state index in [0.29, 0.717) is 0 Å². The van der Waals surface area contributed by atoms with Crippen molar-refractivity contribution >= 4 is 17.5 Å². The fourth-order valence-electron chi connectivity index (χ4n) is 2.66. The number of nitrogens with one attached hydrogen (secondary N) is 1. The maximum Gasteiger partial charge on any atom is 0.249 e. The van der Waals surface area contributed by atoms with Crippen molar-refractivity contribution in [2.24, 2.45) is 5.92 Å². The molecule has 1 aliphatic heterocycles. The molecule has 2 amide bonds. The van der Waals surface area contributed by atoms with Gasteiger partial charge in [0.15, 0.2) is 0 Å². The largest absolute Gasteiger partial charge is 0.344 e. The Kier molecular flexibility index (Phi) is 4.42. The maximum atomic E-state index is 12.7. The highest BCUT2D eigenvalue weighted by Gasteiger charge is 2.30. The summed E-state index contributed by atoms with van der Waals surface area (Å²) in [5.74, 6) is -0.106. The van der Waals surface area contributed by atoms with Crippen LogP contribution < -0.4 is 10.2 Å². The number of para-hydroxylation sites is 1. The van der Waals surface area contributed by atoms with E-state index in [9.17, 15) is 9.59 Å². The van der Waals surface area contributed by atoms with Crippen LogP contribution in [-0.2, 0) is 16.0 Å². The predicted octanol–water partition coefficient (Wildman–Crippen LogP) is 2.13. The van der Waals surface area contributed by atoms with Crippen LogP contribution in [0.2, 0.25) is 0 Å². The normalized spacial score (nSPS) is 15.7. The van der Waals surface area contributed by atoms with Crippen LogP contribution in [0.3, 0.4) is 0 Å². The summed E-state index contributed by atoms with van der Waals surface area (Å²) in [5.41, 5.74) is 2.19. The highest BCUT2D eigenvalue weighted by molar-refractivity contribution is 6.00. The van der Waals surface area contributed by atoms with Crippen molar-refractivity contribution in [2.45, 2.75) is 39.7 Å². The molecule has 0 aromatic heterocycles. The minimum absolute atomic E-state index is 0.0117. The first kappa shape index (κ1) is 14.6. The van der Waals surface area contributed by atoms with Gasteiger partial charge in [0, 0.05) is 19.2 Å². The van der Waals surface area contributed by atoms with Crippen LogP contribution in [0.15, 0.2) is 24.3 Å². The minimum Gasteiger partial charge on any atom is -0.344 e. The number of carbonyl (C=O) groups is 2. The third-order valence-electron chi connectivity index (χ3n) is 3.67. The lowest BCUT2D eigenvalue weighted by atomic mass is 9.98. The van der Waals surface area contributed by atoms with Crippen molar-refractivity contribution < 1.29 is 9.59 Å². The molecule has 1 aliphatic rings. The summed E-state index contributed by atoms with van der Waals surface area (Å²) in [4.78, 5) is 25.9. The summed E-state index contributed by atoms with van der Waals surface area (Å²) >= 11 is 0. The second kappa shape index (κ2) is 6.07. The van der Waals surface area contributed by atoms with E-state index in [4.69, 9.17) is 0 Å². The standard InChI is InChI=1S/C16H22N2O2/c1-11(2)15(17-12(3)19)16(20)18-10-6-8-13-7-4-5-9-14(13)18/h4-5,7,9,11,15H,6,8,10H2,1-3H3,(H,17,19). The number of nitrogens with zero attached hydrogens (tertiary/aromatic N) is 1. The number of amides is 2. The zero-order valence-corrected chi connectivity index (χ0v) is 12.3. The first-order valence-corrected chi connectivity index (χ1v) is 7.17. The van der Waals surface area contributed by atoms with Gasteiger partial charge in [-0.2, -0.15) is 0 Å². The van der Waals surface area contributed by atoms with Gasteiger partial charge in [-0.15, -0.1) is 0 Å². The number of aryl methyl sites for hydroxylation is 1. The van der Waals surface area contributed by atoms with Crippen molar-refractivity contribution in [3.63, 3.8) is 0 Å². The van der Waals surface area contributed by atoms with Gasteiger partial charge in [0.1, 0.15) is 6.04 Å². The molecule has 0 fully saturated rings. The van der Waals surface area contributed by atoms with Gasteiger partial charge in [-0.25, -0.2) is 0 Å². The predicted molar refractivity (Wildman–Crippen MR) is 79.6 cm³/mol. The topological polar surface area (TPSA) is 49.4 Å². The molecule has 0 spiro atoms. The minimum atomic E-state index is -0.460. The van der Waals surface area contributed by atoms with Crippen molar-refractivity contribution in [2.75, 3.05) is 11.4 Å². The smallest absolute Gasteiger partial charge is 0.249 e. The van der Waals surface area contributed by atoms with E-state index in [2.05, 4.69) is 11.4 Å². The van der Waals surface area contributed by atoms with Gasteiger partial charge in [-0.3, -0.25) is 9.59 Å². The molecular formula is C16H22N2O2. The Balaban J connectivity index is 2.26. The molecule has 0 saturated heterocycles. The molecule has 1 atom stereocenters. The maximum absolute atomic E-state index is 12.7. The van der Waals surface area contributed by atoms with Crippen LogP contribution in [-0.4, -0.2) is 24.4 Å². The van der Waals surface area contributed by atoms with Gasteiger partial charge in [-0.05, 0) is 30.4 Å². The average Bonchev–Trinajstić information content (AvgIpc) is 2.43.